The Morgan fingerprint density at radius 1 is 1.31 bits per heavy atom. The first-order valence-corrected chi connectivity index (χ1v) is 4.22. The average molecular weight is 182 g/mol. The van der Waals surface area contributed by atoms with Gasteiger partial charge in [-0.15, -0.1) is 0 Å². The van der Waals surface area contributed by atoms with Gasteiger partial charge in [0.25, 0.3) is 0 Å². The molecule has 0 aromatic heterocycles. The molecule has 0 saturated heterocycles. The number of hydrogen-bond acceptors (Lipinski definition) is 2. The highest BCUT2D eigenvalue weighted by atomic mass is 19.1. The molecule has 0 bridgehead atoms. The maximum Gasteiger partial charge on any atom is 0.125 e. The quantitative estimate of drug-likeness (QED) is 0.655. The third-order valence-corrected chi connectivity index (χ3v) is 1.53. The van der Waals surface area contributed by atoms with E-state index in [2.05, 4.69) is 5.32 Å². The molecule has 72 valence electrons. The zero-order valence-corrected chi connectivity index (χ0v) is 8.19. The Labute approximate surface area is 77.9 Å². The van der Waals surface area contributed by atoms with Crippen LogP contribution in [0.3, 0.4) is 0 Å². The summed E-state index contributed by atoms with van der Waals surface area (Å²) in [5.41, 5.74) is 6.77. The second kappa shape index (κ2) is 3.24. The van der Waals surface area contributed by atoms with Crippen LogP contribution in [0, 0.1) is 5.82 Å². The van der Waals surface area contributed by atoms with E-state index in [-0.39, 0.29) is 11.4 Å². The third-order valence-electron chi connectivity index (χ3n) is 1.53. The Morgan fingerprint density at radius 2 is 1.92 bits per heavy atom. The molecule has 0 aliphatic carbocycles. The lowest BCUT2D eigenvalue weighted by Crippen LogP contribution is -2.26. The molecule has 0 amide bonds. The van der Waals surface area contributed by atoms with Crippen LogP contribution in [0.1, 0.15) is 20.8 Å². The number of anilines is 2. The molecule has 0 atom stereocenters. The van der Waals surface area contributed by atoms with Crippen molar-refractivity contribution in [3.05, 3.63) is 24.0 Å². The lowest BCUT2D eigenvalue weighted by molar-refractivity contribution is 0.619. The molecule has 0 heterocycles. The van der Waals surface area contributed by atoms with Gasteiger partial charge in [0.15, 0.2) is 0 Å². The summed E-state index contributed by atoms with van der Waals surface area (Å²) in [6.45, 7) is 5.99. The molecule has 0 fully saturated rings. The van der Waals surface area contributed by atoms with Gasteiger partial charge in [0.05, 0.1) is 11.4 Å². The first kappa shape index (κ1) is 9.84. The highest BCUT2D eigenvalue weighted by Gasteiger charge is 2.11. The van der Waals surface area contributed by atoms with E-state index >= 15 is 0 Å². The second-order valence-corrected chi connectivity index (χ2v) is 4.11. The fourth-order valence-electron chi connectivity index (χ4n) is 1.04. The summed E-state index contributed by atoms with van der Waals surface area (Å²) < 4.78 is 12.8. The molecule has 0 radical (unpaired) electrons. The fraction of sp³-hybridized carbons (Fsp3) is 0.400. The minimum absolute atomic E-state index is 0.109. The number of nitrogen functional groups attached to an aromatic ring is 1. The summed E-state index contributed by atoms with van der Waals surface area (Å²) in [5, 5.41) is 3.13. The average Bonchev–Trinajstić information content (AvgIpc) is 1.94. The van der Waals surface area contributed by atoms with Crippen LogP contribution in [-0.2, 0) is 0 Å². The predicted molar refractivity (Wildman–Crippen MR) is 54.2 cm³/mol. The van der Waals surface area contributed by atoms with E-state index in [1.54, 1.807) is 6.07 Å². The van der Waals surface area contributed by atoms with Crippen LogP contribution in [0.25, 0.3) is 0 Å². The standard InChI is InChI=1S/C10H15FN2/c1-10(2,3)13-9-6-7(11)4-5-8(9)12/h4-6,13H,12H2,1-3H3. The van der Waals surface area contributed by atoms with Crippen LogP contribution in [0.2, 0.25) is 0 Å². The van der Waals surface area contributed by atoms with E-state index in [1.165, 1.54) is 12.1 Å². The molecule has 0 unspecified atom stereocenters. The Hall–Kier alpha value is -1.25. The van der Waals surface area contributed by atoms with E-state index in [0.717, 1.165) is 0 Å². The number of benzene rings is 1. The largest absolute Gasteiger partial charge is 0.397 e. The van der Waals surface area contributed by atoms with Crippen molar-refractivity contribution in [2.45, 2.75) is 26.3 Å². The lowest BCUT2D eigenvalue weighted by atomic mass is 10.1. The molecule has 0 spiro atoms. The lowest BCUT2D eigenvalue weighted by Gasteiger charge is -2.23. The molecular formula is C10H15FN2. The summed E-state index contributed by atoms with van der Waals surface area (Å²) in [4.78, 5) is 0. The normalized spacial score (nSPS) is 11.4. The van der Waals surface area contributed by atoms with E-state index in [1.807, 2.05) is 20.8 Å². The van der Waals surface area contributed by atoms with Gasteiger partial charge in [0.2, 0.25) is 0 Å². The monoisotopic (exact) mass is 182 g/mol. The summed E-state index contributed by atoms with van der Waals surface area (Å²) >= 11 is 0. The molecule has 0 saturated carbocycles. The van der Waals surface area contributed by atoms with Gasteiger partial charge >= 0.3 is 0 Å². The van der Waals surface area contributed by atoms with Crippen molar-refractivity contribution in [2.75, 3.05) is 11.1 Å². The summed E-state index contributed by atoms with van der Waals surface area (Å²) in [7, 11) is 0. The van der Waals surface area contributed by atoms with Crippen LogP contribution in [0.15, 0.2) is 18.2 Å². The fourth-order valence-corrected chi connectivity index (χ4v) is 1.04. The van der Waals surface area contributed by atoms with E-state index < -0.39 is 0 Å². The van der Waals surface area contributed by atoms with Gasteiger partial charge in [0, 0.05) is 5.54 Å². The molecule has 2 nitrogen and oxygen atoms in total. The summed E-state index contributed by atoms with van der Waals surface area (Å²) in [6, 6.07) is 4.31. The van der Waals surface area contributed by atoms with Crippen molar-refractivity contribution >= 4 is 11.4 Å². The Balaban J connectivity index is 2.94. The Bertz CT molecular complexity index is 302. The van der Waals surface area contributed by atoms with Gasteiger partial charge in [-0.1, -0.05) is 0 Å². The van der Waals surface area contributed by atoms with E-state index in [4.69, 9.17) is 5.73 Å². The van der Waals surface area contributed by atoms with Gasteiger partial charge in [-0.05, 0) is 39.0 Å². The highest BCUT2D eigenvalue weighted by molar-refractivity contribution is 5.66. The summed E-state index contributed by atoms with van der Waals surface area (Å²) in [5.74, 6) is -0.277. The smallest absolute Gasteiger partial charge is 0.125 e. The molecular weight excluding hydrogens is 167 g/mol. The predicted octanol–water partition coefficient (Wildman–Crippen LogP) is 2.62. The number of nitrogens with two attached hydrogens (primary N) is 1. The van der Waals surface area contributed by atoms with E-state index in [0.29, 0.717) is 11.4 Å². The van der Waals surface area contributed by atoms with Crippen LogP contribution in [0.4, 0.5) is 15.8 Å². The van der Waals surface area contributed by atoms with Crippen molar-refractivity contribution in [2.24, 2.45) is 0 Å². The SMILES string of the molecule is CC(C)(C)Nc1cc(F)ccc1N. The van der Waals surface area contributed by atoms with Gasteiger partial charge in [-0.3, -0.25) is 0 Å². The van der Waals surface area contributed by atoms with Crippen molar-refractivity contribution in [3.8, 4) is 0 Å². The van der Waals surface area contributed by atoms with Crippen molar-refractivity contribution < 1.29 is 4.39 Å². The first-order chi connectivity index (χ1) is 5.88. The molecule has 13 heavy (non-hydrogen) atoms. The minimum Gasteiger partial charge on any atom is -0.397 e. The second-order valence-electron chi connectivity index (χ2n) is 4.11. The third kappa shape index (κ3) is 2.93. The number of halogens is 1. The Kier molecular flexibility index (Phi) is 2.45. The van der Waals surface area contributed by atoms with Crippen molar-refractivity contribution in [3.63, 3.8) is 0 Å². The maximum atomic E-state index is 12.8. The maximum absolute atomic E-state index is 12.8. The van der Waals surface area contributed by atoms with Gasteiger partial charge < -0.3 is 11.1 Å². The molecule has 1 aromatic rings. The molecule has 3 heteroatoms. The van der Waals surface area contributed by atoms with Crippen LogP contribution in [-0.4, -0.2) is 5.54 Å². The van der Waals surface area contributed by atoms with Crippen molar-refractivity contribution in [1.82, 2.24) is 0 Å². The molecule has 0 aliphatic heterocycles. The molecule has 3 N–H and O–H groups in total. The molecule has 1 rings (SSSR count). The number of rotatable bonds is 1. The van der Waals surface area contributed by atoms with Gasteiger partial charge in [-0.2, -0.15) is 0 Å². The summed E-state index contributed by atoms with van der Waals surface area (Å²) in [6.07, 6.45) is 0. The van der Waals surface area contributed by atoms with E-state index in [9.17, 15) is 4.39 Å². The molecule has 1 aromatic carbocycles. The van der Waals surface area contributed by atoms with Crippen LogP contribution < -0.4 is 11.1 Å². The number of nitrogens with one attached hydrogen (secondary N) is 1. The zero-order chi connectivity index (χ0) is 10.1. The minimum atomic E-state index is -0.277. The Morgan fingerprint density at radius 3 is 2.46 bits per heavy atom. The van der Waals surface area contributed by atoms with Crippen molar-refractivity contribution in [1.29, 1.82) is 0 Å². The highest BCUT2D eigenvalue weighted by Crippen LogP contribution is 2.22. The van der Waals surface area contributed by atoms with Crippen LogP contribution in [0.5, 0.6) is 0 Å². The molecule has 0 aliphatic rings. The topological polar surface area (TPSA) is 38.0 Å². The van der Waals surface area contributed by atoms with Crippen LogP contribution >= 0.6 is 0 Å². The first-order valence-electron chi connectivity index (χ1n) is 4.22. The number of hydrogen-bond donors (Lipinski definition) is 2. The zero-order valence-electron chi connectivity index (χ0n) is 8.19. The van der Waals surface area contributed by atoms with Gasteiger partial charge in [-0.25, -0.2) is 4.39 Å². The van der Waals surface area contributed by atoms with Gasteiger partial charge in [0.1, 0.15) is 5.82 Å².